The molecule has 1 aliphatic heterocycles. The summed E-state index contributed by atoms with van der Waals surface area (Å²) in [7, 11) is 0. The molecule has 0 unspecified atom stereocenters. The molecule has 14 heavy (non-hydrogen) atoms. The van der Waals surface area contributed by atoms with E-state index in [4.69, 9.17) is 0 Å². The Morgan fingerprint density at radius 3 is 2.71 bits per heavy atom. The summed E-state index contributed by atoms with van der Waals surface area (Å²) in [5.74, 6) is 0. The standard InChI is InChI=1S/C10H6BrN3/c11-14-9-6-2-4-7-3-1-5-8(10(7)9)12-13-14/h1-6H. The quantitative estimate of drug-likeness (QED) is 0.648. The van der Waals surface area contributed by atoms with Crippen molar-refractivity contribution in [3.05, 3.63) is 36.4 Å². The van der Waals surface area contributed by atoms with Crippen LogP contribution in [0.4, 0.5) is 11.4 Å². The second kappa shape index (κ2) is 2.78. The molecule has 0 atom stereocenters. The predicted octanol–water partition coefficient (Wildman–Crippen LogP) is 3.97. The molecular formula is C10H6BrN3. The number of nitrogens with zero attached hydrogens (tertiary/aromatic N) is 3. The molecule has 0 aliphatic carbocycles. The molecule has 2 aromatic carbocycles. The van der Waals surface area contributed by atoms with E-state index in [-0.39, 0.29) is 0 Å². The molecule has 0 N–H and O–H groups in total. The minimum absolute atomic E-state index is 0.925. The summed E-state index contributed by atoms with van der Waals surface area (Å²) < 4.78 is 1.61. The smallest absolute Gasteiger partial charge is 0.0974 e. The van der Waals surface area contributed by atoms with E-state index < -0.39 is 0 Å². The van der Waals surface area contributed by atoms with Gasteiger partial charge in [0.2, 0.25) is 0 Å². The number of hydrogen-bond acceptors (Lipinski definition) is 3. The van der Waals surface area contributed by atoms with E-state index in [9.17, 15) is 0 Å². The van der Waals surface area contributed by atoms with Crippen molar-refractivity contribution in [2.75, 3.05) is 4.03 Å². The van der Waals surface area contributed by atoms with Gasteiger partial charge >= 0.3 is 0 Å². The number of rotatable bonds is 0. The minimum Gasteiger partial charge on any atom is -0.178 e. The van der Waals surface area contributed by atoms with Crippen LogP contribution in [0.3, 0.4) is 0 Å². The molecule has 0 amide bonds. The fraction of sp³-hybridized carbons (Fsp3) is 0. The van der Waals surface area contributed by atoms with Gasteiger partial charge in [-0.1, -0.05) is 29.5 Å². The highest BCUT2D eigenvalue weighted by Gasteiger charge is 2.14. The maximum Gasteiger partial charge on any atom is 0.0974 e. The van der Waals surface area contributed by atoms with Crippen LogP contribution in [0.25, 0.3) is 10.8 Å². The summed E-state index contributed by atoms with van der Waals surface area (Å²) in [6.45, 7) is 0. The summed E-state index contributed by atoms with van der Waals surface area (Å²) in [5, 5.41) is 10.4. The first kappa shape index (κ1) is 7.94. The molecule has 2 aromatic rings. The summed E-state index contributed by atoms with van der Waals surface area (Å²) >= 11 is 3.32. The lowest BCUT2D eigenvalue weighted by molar-refractivity contribution is 1.05. The fourth-order valence-corrected chi connectivity index (χ4v) is 2.04. The molecule has 0 spiro atoms. The number of hydrogen-bond donors (Lipinski definition) is 0. The lowest BCUT2D eigenvalue weighted by Gasteiger charge is -2.16. The molecule has 68 valence electrons. The van der Waals surface area contributed by atoms with Gasteiger partial charge < -0.3 is 0 Å². The summed E-state index contributed by atoms with van der Waals surface area (Å²) in [4.78, 5) is 0. The van der Waals surface area contributed by atoms with Gasteiger partial charge in [-0.05, 0) is 17.5 Å². The second-order valence-electron chi connectivity index (χ2n) is 3.10. The third kappa shape index (κ3) is 0.974. The average Bonchev–Trinajstić information content (AvgIpc) is 2.24. The largest absolute Gasteiger partial charge is 0.178 e. The Balaban J connectivity index is 2.52. The topological polar surface area (TPSA) is 28.0 Å². The van der Waals surface area contributed by atoms with Crippen molar-refractivity contribution in [1.82, 2.24) is 0 Å². The Labute approximate surface area is 89.4 Å². The first-order chi connectivity index (χ1) is 6.86. The second-order valence-corrected chi connectivity index (χ2v) is 3.77. The molecule has 0 saturated heterocycles. The van der Waals surface area contributed by atoms with Crippen LogP contribution in [0.1, 0.15) is 0 Å². The van der Waals surface area contributed by atoms with Crippen molar-refractivity contribution < 1.29 is 0 Å². The zero-order valence-electron chi connectivity index (χ0n) is 7.18. The van der Waals surface area contributed by atoms with Gasteiger partial charge in [0.1, 0.15) is 0 Å². The van der Waals surface area contributed by atoms with Gasteiger partial charge in [-0.3, -0.25) is 0 Å². The Bertz CT molecular complexity index is 531. The minimum atomic E-state index is 0.925. The molecule has 3 rings (SSSR count). The normalized spacial score (nSPS) is 13.6. The zero-order valence-corrected chi connectivity index (χ0v) is 8.77. The lowest BCUT2D eigenvalue weighted by atomic mass is 10.1. The average molecular weight is 248 g/mol. The van der Waals surface area contributed by atoms with Gasteiger partial charge in [0.25, 0.3) is 0 Å². The first-order valence-electron chi connectivity index (χ1n) is 4.25. The Hall–Kier alpha value is -1.42. The highest BCUT2D eigenvalue weighted by Crippen LogP contribution is 2.39. The molecule has 0 aromatic heterocycles. The van der Waals surface area contributed by atoms with Gasteiger partial charge in [-0.25, -0.2) is 0 Å². The van der Waals surface area contributed by atoms with E-state index in [0.717, 1.165) is 16.8 Å². The monoisotopic (exact) mass is 247 g/mol. The molecule has 0 saturated carbocycles. The van der Waals surface area contributed by atoms with E-state index in [0.29, 0.717) is 0 Å². The van der Waals surface area contributed by atoms with Crippen molar-refractivity contribution in [3.63, 3.8) is 0 Å². The van der Waals surface area contributed by atoms with Crippen LogP contribution in [0.2, 0.25) is 0 Å². The zero-order chi connectivity index (χ0) is 9.54. The van der Waals surface area contributed by atoms with Gasteiger partial charge in [0, 0.05) is 5.39 Å². The fourth-order valence-electron chi connectivity index (χ4n) is 1.67. The van der Waals surface area contributed by atoms with Gasteiger partial charge in [-0.2, -0.15) is 4.03 Å². The van der Waals surface area contributed by atoms with E-state index >= 15 is 0 Å². The summed E-state index contributed by atoms with van der Waals surface area (Å²) in [6, 6.07) is 12.1. The SMILES string of the molecule is BrN1N=Nc2cccc3cccc1c23. The highest BCUT2D eigenvalue weighted by molar-refractivity contribution is 9.10. The van der Waals surface area contributed by atoms with Crippen LogP contribution in [0, 0.1) is 0 Å². The maximum atomic E-state index is 4.10. The van der Waals surface area contributed by atoms with Gasteiger partial charge in [0.05, 0.1) is 27.5 Å². The summed E-state index contributed by atoms with van der Waals surface area (Å²) in [5.41, 5.74) is 1.96. The van der Waals surface area contributed by atoms with E-state index in [1.807, 2.05) is 24.3 Å². The van der Waals surface area contributed by atoms with E-state index in [1.165, 1.54) is 5.39 Å². The molecule has 0 radical (unpaired) electrons. The molecule has 3 nitrogen and oxygen atoms in total. The van der Waals surface area contributed by atoms with Crippen LogP contribution in [-0.4, -0.2) is 0 Å². The third-order valence-electron chi connectivity index (χ3n) is 2.29. The predicted molar refractivity (Wildman–Crippen MR) is 59.9 cm³/mol. The van der Waals surface area contributed by atoms with Gasteiger partial charge in [-0.15, -0.1) is 5.11 Å². The van der Waals surface area contributed by atoms with Crippen LogP contribution < -0.4 is 4.03 Å². The maximum absolute atomic E-state index is 4.10. The van der Waals surface area contributed by atoms with Crippen LogP contribution in [0.5, 0.6) is 0 Å². The Kier molecular flexibility index (Phi) is 1.58. The van der Waals surface area contributed by atoms with Crippen molar-refractivity contribution in [1.29, 1.82) is 0 Å². The van der Waals surface area contributed by atoms with Crippen LogP contribution in [-0.2, 0) is 0 Å². The molecule has 4 heteroatoms. The number of anilines is 1. The Morgan fingerprint density at radius 2 is 1.86 bits per heavy atom. The van der Waals surface area contributed by atoms with Crippen molar-refractivity contribution in [3.8, 4) is 0 Å². The van der Waals surface area contributed by atoms with E-state index in [2.05, 4.69) is 38.6 Å². The number of benzene rings is 2. The van der Waals surface area contributed by atoms with Crippen LogP contribution >= 0.6 is 16.1 Å². The van der Waals surface area contributed by atoms with E-state index in [1.54, 1.807) is 4.03 Å². The molecular weight excluding hydrogens is 242 g/mol. The lowest BCUT2D eigenvalue weighted by Crippen LogP contribution is -2.01. The molecule has 1 aliphatic rings. The summed E-state index contributed by atoms with van der Waals surface area (Å²) in [6.07, 6.45) is 0. The molecule has 0 bridgehead atoms. The first-order valence-corrected chi connectivity index (χ1v) is 4.96. The van der Waals surface area contributed by atoms with Crippen molar-refractivity contribution in [2.45, 2.75) is 0 Å². The third-order valence-corrected chi connectivity index (χ3v) is 2.81. The van der Waals surface area contributed by atoms with Crippen LogP contribution in [0.15, 0.2) is 46.7 Å². The highest BCUT2D eigenvalue weighted by atomic mass is 79.9. The molecule has 0 fully saturated rings. The van der Waals surface area contributed by atoms with Crippen molar-refractivity contribution in [2.24, 2.45) is 10.3 Å². The van der Waals surface area contributed by atoms with Crippen molar-refractivity contribution >= 4 is 38.3 Å². The number of halogens is 1. The molecule has 1 heterocycles. The van der Waals surface area contributed by atoms with Gasteiger partial charge in [0.15, 0.2) is 0 Å². The Morgan fingerprint density at radius 1 is 1.07 bits per heavy atom.